The predicted molar refractivity (Wildman–Crippen MR) is 127 cm³/mol. The third-order valence-corrected chi connectivity index (χ3v) is 6.66. The highest BCUT2D eigenvalue weighted by Crippen LogP contribution is 2.27. The maximum Gasteiger partial charge on any atom is 0.259 e. The number of nitrogens with one attached hydrogen (secondary N) is 1. The van der Waals surface area contributed by atoms with E-state index in [1.54, 1.807) is 24.1 Å². The Labute approximate surface area is 194 Å². The summed E-state index contributed by atoms with van der Waals surface area (Å²) in [5.74, 6) is 0.539. The molecule has 7 heteroatoms. The molecule has 2 heterocycles. The number of aromatic nitrogens is 1. The summed E-state index contributed by atoms with van der Waals surface area (Å²) < 4.78 is 7.08. The van der Waals surface area contributed by atoms with Crippen LogP contribution in [0.15, 0.2) is 41.5 Å². The number of likely N-dealkylation sites (tertiary alicyclic amines) is 1. The lowest BCUT2D eigenvalue weighted by Gasteiger charge is -2.35. The van der Waals surface area contributed by atoms with Crippen molar-refractivity contribution in [3.05, 3.63) is 63.6 Å². The summed E-state index contributed by atoms with van der Waals surface area (Å²) in [6.07, 6.45) is 9.19. The van der Waals surface area contributed by atoms with Crippen molar-refractivity contribution in [3.63, 3.8) is 0 Å². The maximum atomic E-state index is 13.5. The number of rotatable bonds is 8. The van der Waals surface area contributed by atoms with Gasteiger partial charge in [0.05, 0.1) is 7.11 Å². The first-order valence-electron chi connectivity index (χ1n) is 12.0. The number of carbonyl (C=O) groups excluding carboxylic acids is 2. The van der Waals surface area contributed by atoms with Crippen LogP contribution in [0, 0.1) is 5.92 Å². The quantitative estimate of drug-likeness (QED) is 0.667. The summed E-state index contributed by atoms with van der Waals surface area (Å²) in [4.78, 5) is 41.5. The molecule has 2 aromatic rings. The number of carbonyl (C=O) groups is 2. The van der Waals surface area contributed by atoms with Gasteiger partial charge in [-0.3, -0.25) is 14.4 Å². The van der Waals surface area contributed by atoms with Gasteiger partial charge in [0.25, 0.3) is 11.8 Å². The van der Waals surface area contributed by atoms with E-state index >= 15 is 0 Å². The van der Waals surface area contributed by atoms with Gasteiger partial charge in [0.15, 0.2) is 0 Å². The Bertz CT molecular complexity index is 1070. The molecule has 1 aromatic carbocycles. The molecule has 176 valence electrons. The molecule has 1 aliphatic carbocycles. The van der Waals surface area contributed by atoms with Crippen LogP contribution in [0.2, 0.25) is 0 Å². The minimum Gasteiger partial charge on any atom is -0.497 e. The van der Waals surface area contributed by atoms with Crippen LogP contribution in [0.25, 0.3) is 0 Å². The second kappa shape index (κ2) is 10.2. The number of hydrogen-bond acceptors (Lipinski definition) is 4. The number of methoxy groups -OCH3 is 1. The zero-order valence-corrected chi connectivity index (χ0v) is 19.5. The summed E-state index contributed by atoms with van der Waals surface area (Å²) >= 11 is 0. The third-order valence-electron chi connectivity index (χ3n) is 6.66. The number of ether oxygens (including phenoxy) is 1. The van der Waals surface area contributed by atoms with Gasteiger partial charge in [0.1, 0.15) is 16.9 Å². The van der Waals surface area contributed by atoms with Crippen LogP contribution in [0.3, 0.4) is 0 Å². The largest absolute Gasteiger partial charge is 0.497 e. The van der Waals surface area contributed by atoms with Crippen LogP contribution < -0.4 is 15.5 Å². The summed E-state index contributed by atoms with van der Waals surface area (Å²) in [5, 5.41) is 2.88. The Kier molecular flexibility index (Phi) is 7.16. The molecule has 1 aliphatic heterocycles. The van der Waals surface area contributed by atoms with E-state index < -0.39 is 11.3 Å². The summed E-state index contributed by atoms with van der Waals surface area (Å²) in [7, 11) is 1.61. The normalized spacial score (nSPS) is 18.1. The topological polar surface area (TPSA) is 80.6 Å². The molecule has 2 amide bonds. The Morgan fingerprint density at radius 3 is 2.64 bits per heavy atom. The van der Waals surface area contributed by atoms with Crippen LogP contribution in [0.1, 0.15) is 71.7 Å². The minimum absolute atomic E-state index is 0.0226. The van der Waals surface area contributed by atoms with Gasteiger partial charge in [-0.25, -0.2) is 0 Å². The highest BCUT2D eigenvalue weighted by molar-refractivity contribution is 5.99. The van der Waals surface area contributed by atoms with Crippen LogP contribution in [-0.4, -0.2) is 47.5 Å². The van der Waals surface area contributed by atoms with Crippen molar-refractivity contribution in [3.8, 4) is 5.75 Å². The molecule has 1 unspecified atom stereocenters. The van der Waals surface area contributed by atoms with Gasteiger partial charge in [-0.2, -0.15) is 0 Å². The van der Waals surface area contributed by atoms with E-state index in [9.17, 15) is 14.4 Å². The number of piperidine rings is 1. The first kappa shape index (κ1) is 23.1. The van der Waals surface area contributed by atoms with Crippen molar-refractivity contribution in [1.29, 1.82) is 0 Å². The van der Waals surface area contributed by atoms with Gasteiger partial charge in [-0.05, 0) is 62.1 Å². The molecule has 1 saturated carbocycles. The molecule has 0 radical (unpaired) electrons. The fraction of sp³-hybridized carbons (Fsp3) is 0.500. The van der Waals surface area contributed by atoms with E-state index in [0.717, 1.165) is 49.8 Å². The SMILES string of the molecule is CCC1CCCCN1C(=O)c1cn(Cc2cccc(OC)c2)cc(C(=O)NCC2CC2)c1=O. The van der Waals surface area contributed by atoms with Crippen molar-refractivity contribution in [2.24, 2.45) is 5.92 Å². The molecular formula is C26H33N3O4. The number of benzene rings is 1. The fourth-order valence-corrected chi connectivity index (χ4v) is 4.52. The van der Waals surface area contributed by atoms with E-state index in [1.807, 2.05) is 29.2 Å². The Morgan fingerprint density at radius 1 is 1.12 bits per heavy atom. The Balaban J connectivity index is 1.69. The molecule has 1 N–H and O–H groups in total. The van der Waals surface area contributed by atoms with Crippen molar-refractivity contribution in [2.45, 2.75) is 58.0 Å². The van der Waals surface area contributed by atoms with E-state index in [-0.39, 0.29) is 23.1 Å². The van der Waals surface area contributed by atoms with Gasteiger partial charge in [0, 0.05) is 38.1 Å². The Morgan fingerprint density at radius 2 is 1.91 bits per heavy atom. The third kappa shape index (κ3) is 5.46. The van der Waals surface area contributed by atoms with Crippen LogP contribution in [-0.2, 0) is 6.54 Å². The van der Waals surface area contributed by atoms with Crippen LogP contribution in [0.5, 0.6) is 5.75 Å². The predicted octanol–water partition coefficient (Wildman–Crippen LogP) is 3.45. The molecule has 7 nitrogen and oxygen atoms in total. The molecule has 2 fully saturated rings. The van der Waals surface area contributed by atoms with Gasteiger partial charge in [-0.1, -0.05) is 19.1 Å². The van der Waals surface area contributed by atoms with E-state index in [0.29, 0.717) is 25.6 Å². The lowest BCUT2D eigenvalue weighted by Crippen LogP contribution is -2.45. The minimum atomic E-state index is -0.490. The van der Waals surface area contributed by atoms with Crippen molar-refractivity contribution < 1.29 is 14.3 Å². The van der Waals surface area contributed by atoms with Gasteiger partial charge in [0.2, 0.25) is 5.43 Å². The fourth-order valence-electron chi connectivity index (χ4n) is 4.52. The second-order valence-corrected chi connectivity index (χ2v) is 9.15. The average Bonchev–Trinajstić information content (AvgIpc) is 3.67. The first-order chi connectivity index (χ1) is 16.0. The van der Waals surface area contributed by atoms with Gasteiger partial charge in [-0.15, -0.1) is 0 Å². The van der Waals surface area contributed by atoms with E-state index in [4.69, 9.17) is 4.74 Å². The van der Waals surface area contributed by atoms with Crippen LogP contribution in [0.4, 0.5) is 0 Å². The van der Waals surface area contributed by atoms with Gasteiger partial charge < -0.3 is 19.5 Å². The molecule has 2 aliphatic rings. The second-order valence-electron chi connectivity index (χ2n) is 9.15. The number of amides is 2. The molecule has 1 aromatic heterocycles. The standard InChI is InChI=1S/C26H33N3O4/c1-3-20-8-4-5-12-29(20)26(32)23-17-28(15-19-7-6-9-21(13-19)33-2)16-22(24(23)30)25(31)27-14-18-10-11-18/h6-7,9,13,16-18,20H,3-5,8,10-12,14-15H2,1-2H3,(H,27,31). The van der Waals surface area contributed by atoms with Crippen molar-refractivity contribution in [1.82, 2.24) is 14.8 Å². The lowest BCUT2D eigenvalue weighted by molar-refractivity contribution is 0.0605. The van der Waals surface area contributed by atoms with E-state index in [2.05, 4.69) is 12.2 Å². The zero-order valence-electron chi connectivity index (χ0n) is 19.5. The zero-order chi connectivity index (χ0) is 23.4. The average molecular weight is 452 g/mol. The number of nitrogens with zero attached hydrogens (tertiary/aromatic N) is 2. The monoisotopic (exact) mass is 451 g/mol. The van der Waals surface area contributed by atoms with Crippen molar-refractivity contribution in [2.75, 3.05) is 20.2 Å². The molecule has 0 spiro atoms. The highest BCUT2D eigenvalue weighted by Gasteiger charge is 2.30. The van der Waals surface area contributed by atoms with Gasteiger partial charge >= 0.3 is 0 Å². The molecule has 0 bridgehead atoms. The molecular weight excluding hydrogens is 418 g/mol. The summed E-state index contributed by atoms with van der Waals surface area (Å²) in [5.41, 5.74) is 0.549. The molecule has 1 saturated heterocycles. The number of pyridine rings is 1. The first-order valence-corrected chi connectivity index (χ1v) is 12.0. The van der Waals surface area contributed by atoms with Crippen LogP contribution >= 0.6 is 0 Å². The lowest BCUT2D eigenvalue weighted by atomic mass is 9.98. The number of hydrogen-bond donors (Lipinski definition) is 1. The smallest absolute Gasteiger partial charge is 0.259 e. The highest BCUT2D eigenvalue weighted by atomic mass is 16.5. The molecule has 33 heavy (non-hydrogen) atoms. The summed E-state index contributed by atoms with van der Waals surface area (Å²) in [6.45, 7) is 3.69. The van der Waals surface area contributed by atoms with Crippen molar-refractivity contribution >= 4 is 11.8 Å². The molecule has 4 rings (SSSR count). The Hall–Kier alpha value is -3.09. The van der Waals surface area contributed by atoms with E-state index in [1.165, 1.54) is 0 Å². The maximum absolute atomic E-state index is 13.5. The summed E-state index contributed by atoms with van der Waals surface area (Å²) in [6, 6.07) is 7.74. The molecule has 1 atom stereocenters.